The standard InChI is InChI=1S/C11H6ClFN4O2/c1-19-11(18)5-4-15-10-7(13)3-2-6(12)8(10)9(5)16-17-14/h2-4H,1H3. The minimum atomic E-state index is -0.753. The number of rotatable bonds is 2. The van der Waals surface area contributed by atoms with Gasteiger partial charge in [-0.1, -0.05) is 16.7 Å². The van der Waals surface area contributed by atoms with Crippen molar-refractivity contribution in [3.63, 3.8) is 0 Å². The Bertz CT molecular complexity index is 728. The molecule has 2 aromatic rings. The Morgan fingerprint density at radius 1 is 1.58 bits per heavy atom. The predicted molar refractivity (Wildman–Crippen MR) is 66.9 cm³/mol. The van der Waals surface area contributed by atoms with Crippen LogP contribution >= 0.6 is 11.6 Å². The third-order valence-electron chi connectivity index (χ3n) is 2.44. The van der Waals surface area contributed by atoms with E-state index in [0.717, 1.165) is 12.3 Å². The van der Waals surface area contributed by atoms with Crippen molar-refractivity contribution in [3.05, 3.63) is 45.2 Å². The summed E-state index contributed by atoms with van der Waals surface area (Å²) in [5.41, 5.74) is 8.30. The van der Waals surface area contributed by atoms with Crippen molar-refractivity contribution in [2.75, 3.05) is 7.11 Å². The van der Waals surface area contributed by atoms with E-state index in [1.807, 2.05) is 0 Å². The predicted octanol–water partition coefficient (Wildman–Crippen LogP) is 3.76. The molecule has 0 radical (unpaired) electrons. The lowest BCUT2D eigenvalue weighted by Gasteiger charge is -2.08. The van der Waals surface area contributed by atoms with Crippen molar-refractivity contribution < 1.29 is 13.9 Å². The topological polar surface area (TPSA) is 88.0 Å². The number of fused-ring (bicyclic) bond motifs is 1. The van der Waals surface area contributed by atoms with Crippen molar-refractivity contribution in [1.82, 2.24) is 4.98 Å². The second-order valence-corrected chi connectivity index (χ2v) is 3.86. The molecule has 8 heteroatoms. The van der Waals surface area contributed by atoms with E-state index in [9.17, 15) is 9.18 Å². The summed E-state index contributed by atoms with van der Waals surface area (Å²) in [7, 11) is 1.17. The fourth-order valence-corrected chi connectivity index (χ4v) is 1.87. The minimum Gasteiger partial charge on any atom is -0.465 e. The molecule has 0 spiro atoms. The average molecular weight is 281 g/mol. The van der Waals surface area contributed by atoms with Crippen LogP contribution in [0.5, 0.6) is 0 Å². The maximum atomic E-state index is 13.6. The molecule has 0 aliphatic rings. The second-order valence-electron chi connectivity index (χ2n) is 3.45. The van der Waals surface area contributed by atoms with Crippen molar-refractivity contribution in [2.45, 2.75) is 0 Å². The van der Waals surface area contributed by atoms with E-state index in [2.05, 4.69) is 19.7 Å². The zero-order valence-electron chi connectivity index (χ0n) is 9.59. The molecule has 2 rings (SSSR count). The number of carbonyl (C=O) groups is 1. The van der Waals surface area contributed by atoms with Crippen LogP contribution in [-0.2, 0) is 4.74 Å². The van der Waals surface area contributed by atoms with Gasteiger partial charge in [0.15, 0.2) is 0 Å². The number of halogens is 2. The van der Waals surface area contributed by atoms with Gasteiger partial charge in [0.05, 0.1) is 23.4 Å². The number of aromatic nitrogens is 1. The van der Waals surface area contributed by atoms with Gasteiger partial charge in [0.2, 0.25) is 0 Å². The summed E-state index contributed by atoms with van der Waals surface area (Å²) in [5.74, 6) is -1.39. The SMILES string of the molecule is COC(=O)c1cnc2c(F)ccc(Cl)c2c1N=[N+]=[N-]. The van der Waals surface area contributed by atoms with Gasteiger partial charge < -0.3 is 4.74 Å². The molecule has 1 heterocycles. The van der Waals surface area contributed by atoms with Gasteiger partial charge in [0.1, 0.15) is 11.3 Å². The number of esters is 1. The molecule has 0 amide bonds. The Morgan fingerprint density at radius 2 is 2.32 bits per heavy atom. The number of hydrogen-bond acceptors (Lipinski definition) is 4. The van der Waals surface area contributed by atoms with E-state index >= 15 is 0 Å². The first-order valence-electron chi connectivity index (χ1n) is 5.00. The lowest BCUT2D eigenvalue weighted by atomic mass is 10.1. The number of carbonyl (C=O) groups excluding carboxylic acids is 1. The Hall–Kier alpha value is -2.37. The fourth-order valence-electron chi connectivity index (χ4n) is 1.63. The van der Waals surface area contributed by atoms with E-state index in [0.29, 0.717) is 0 Å². The van der Waals surface area contributed by atoms with E-state index in [1.165, 1.54) is 13.2 Å². The summed E-state index contributed by atoms with van der Waals surface area (Å²) >= 11 is 5.95. The van der Waals surface area contributed by atoms with Gasteiger partial charge in [0, 0.05) is 16.5 Å². The highest BCUT2D eigenvalue weighted by molar-refractivity contribution is 6.36. The van der Waals surface area contributed by atoms with Crippen LogP contribution in [0.15, 0.2) is 23.4 Å². The monoisotopic (exact) mass is 280 g/mol. The largest absolute Gasteiger partial charge is 0.465 e. The smallest absolute Gasteiger partial charge is 0.339 e. The maximum Gasteiger partial charge on any atom is 0.339 e. The number of methoxy groups -OCH3 is 1. The molecular weight excluding hydrogens is 275 g/mol. The van der Waals surface area contributed by atoms with E-state index in [-0.39, 0.29) is 27.2 Å². The third kappa shape index (κ3) is 2.16. The summed E-state index contributed by atoms with van der Waals surface area (Å²) < 4.78 is 18.2. The molecule has 1 aromatic carbocycles. The summed E-state index contributed by atoms with van der Waals surface area (Å²) in [6.45, 7) is 0. The normalized spacial score (nSPS) is 10.1. The van der Waals surface area contributed by atoms with Gasteiger partial charge in [-0.25, -0.2) is 9.18 Å². The molecule has 19 heavy (non-hydrogen) atoms. The maximum absolute atomic E-state index is 13.6. The molecule has 0 aliphatic carbocycles. The van der Waals surface area contributed by atoms with Crippen LogP contribution in [0.4, 0.5) is 10.1 Å². The fraction of sp³-hybridized carbons (Fsp3) is 0.0909. The molecule has 0 fully saturated rings. The van der Waals surface area contributed by atoms with Gasteiger partial charge in [-0.05, 0) is 17.7 Å². The Balaban J connectivity index is 2.96. The highest BCUT2D eigenvalue weighted by Gasteiger charge is 2.18. The van der Waals surface area contributed by atoms with Crippen molar-refractivity contribution in [2.24, 2.45) is 5.11 Å². The highest BCUT2D eigenvalue weighted by Crippen LogP contribution is 2.35. The van der Waals surface area contributed by atoms with Gasteiger partial charge in [-0.3, -0.25) is 4.98 Å². The van der Waals surface area contributed by atoms with E-state index in [1.54, 1.807) is 0 Å². The van der Waals surface area contributed by atoms with Crippen LogP contribution < -0.4 is 0 Å². The minimum absolute atomic E-state index is 0.0716. The number of ether oxygens (including phenoxy) is 1. The second kappa shape index (κ2) is 5.09. The molecular formula is C11H6ClFN4O2. The van der Waals surface area contributed by atoms with Crippen LogP contribution in [0, 0.1) is 5.82 Å². The number of azide groups is 1. The third-order valence-corrected chi connectivity index (χ3v) is 2.76. The summed E-state index contributed by atoms with van der Waals surface area (Å²) in [6, 6.07) is 2.42. The molecule has 1 aromatic heterocycles. The van der Waals surface area contributed by atoms with Gasteiger partial charge in [-0.15, -0.1) is 0 Å². The van der Waals surface area contributed by atoms with Crippen LogP contribution in [0.3, 0.4) is 0 Å². The number of hydrogen-bond donors (Lipinski definition) is 0. The molecule has 96 valence electrons. The lowest BCUT2D eigenvalue weighted by molar-refractivity contribution is 0.0601. The van der Waals surface area contributed by atoms with Crippen LogP contribution in [0.1, 0.15) is 10.4 Å². The summed E-state index contributed by atoms with van der Waals surface area (Å²) in [5, 5.41) is 3.59. The average Bonchev–Trinajstić information content (AvgIpc) is 2.42. The quantitative estimate of drug-likeness (QED) is 0.363. The number of nitrogens with zero attached hydrogens (tertiary/aromatic N) is 4. The van der Waals surface area contributed by atoms with Crippen molar-refractivity contribution >= 4 is 34.2 Å². The Kier molecular flexibility index (Phi) is 3.50. The molecule has 0 aliphatic heterocycles. The first-order chi connectivity index (χ1) is 9.10. The van der Waals surface area contributed by atoms with Gasteiger partial charge in [-0.2, -0.15) is 0 Å². The zero-order chi connectivity index (χ0) is 14.0. The van der Waals surface area contributed by atoms with Crippen LogP contribution in [0.25, 0.3) is 21.3 Å². The van der Waals surface area contributed by atoms with Crippen LogP contribution in [-0.4, -0.2) is 18.1 Å². The molecule has 0 atom stereocenters. The lowest BCUT2D eigenvalue weighted by Crippen LogP contribution is -2.03. The Labute approximate surface area is 111 Å². The van der Waals surface area contributed by atoms with Crippen molar-refractivity contribution in [3.8, 4) is 0 Å². The molecule has 0 saturated carbocycles. The van der Waals surface area contributed by atoms with Crippen LogP contribution in [0.2, 0.25) is 5.02 Å². The molecule has 0 N–H and O–H groups in total. The zero-order valence-corrected chi connectivity index (χ0v) is 10.3. The summed E-state index contributed by atoms with van der Waals surface area (Å²) in [6.07, 6.45) is 1.08. The van der Waals surface area contributed by atoms with E-state index < -0.39 is 11.8 Å². The van der Waals surface area contributed by atoms with Gasteiger partial charge >= 0.3 is 5.97 Å². The first-order valence-corrected chi connectivity index (χ1v) is 5.38. The molecule has 0 unspecified atom stereocenters. The van der Waals surface area contributed by atoms with E-state index in [4.69, 9.17) is 17.1 Å². The van der Waals surface area contributed by atoms with Crippen molar-refractivity contribution in [1.29, 1.82) is 0 Å². The van der Waals surface area contributed by atoms with Gasteiger partial charge in [0.25, 0.3) is 0 Å². The molecule has 0 saturated heterocycles. The summed E-state index contributed by atoms with van der Waals surface area (Å²) in [4.78, 5) is 18.0. The number of pyridine rings is 1. The highest BCUT2D eigenvalue weighted by atomic mass is 35.5. The molecule has 0 bridgehead atoms. The first kappa shape index (κ1) is 13.1. The molecule has 6 nitrogen and oxygen atoms in total. The Morgan fingerprint density at radius 3 is 2.95 bits per heavy atom. The number of benzene rings is 1.